The summed E-state index contributed by atoms with van der Waals surface area (Å²) in [6, 6.07) is 72.6. The summed E-state index contributed by atoms with van der Waals surface area (Å²) in [5.41, 5.74) is 15.6. The highest BCUT2D eigenvalue weighted by atomic mass is 15.2. The van der Waals surface area contributed by atoms with Crippen LogP contribution in [0.1, 0.15) is 35.8 Å². The van der Waals surface area contributed by atoms with E-state index in [9.17, 15) is 0 Å². The van der Waals surface area contributed by atoms with Crippen LogP contribution in [0.2, 0.25) is 0 Å². The van der Waals surface area contributed by atoms with Gasteiger partial charge in [0, 0.05) is 32.7 Å². The van der Waals surface area contributed by atoms with Crippen LogP contribution in [-0.4, -0.2) is 9.13 Å². The van der Waals surface area contributed by atoms with Gasteiger partial charge in [0.25, 0.3) is 0 Å². The van der Waals surface area contributed by atoms with E-state index >= 15 is 0 Å². The second-order valence-electron chi connectivity index (χ2n) is 16.1. The minimum atomic E-state index is -0.185. The SMILES string of the molecule is C1=C2[N-]C(c3ccc(-c4ccccc4)cc3)NC(c3ccc(-c4ccccc4)cc3)C2=CC(n2c3ccccc3c3cc4c5ccccc5n(-c5ccccc5)c4cc32)C1. The maximum atomic E-state index is 5.44. The van der Waals surface area contributed by atoms with Crippen molar-refractivity contribution in [3.05, 3.63) is 240 Å². The van der Waals surface area contributed by atoms with Crippen molar-refractivity contribution < 1.29 is 0 Å². The number of hydrogen-bond donors (Lipinski definition) is 1. The van der Waals surface area contributed by atoms with E-state index in [2.05, 4.69) is 227 Å². The van der Waals surface area contributed by atoms with Crippen molar-refractivity contribution in [1.82, 2.24) is 14.5 Å². The zero-order chi connectivity index (χ0) is 39.6. The minimum absolute atomic E-state index is 0.0550. The third-order valence-electron chi connectivity index (χ3n) is 12.7. The Morgan fingerprint density at radius 2 is 0.983 bits per heavy atom. The summed E-state index contributed by atoms with van der Waals surface area (Å²) in [4.78, 5) is 0. The molecule has 1 fully saturated rings. The molecule has 0 radical (unpaired) electrons. The highest BCUT2D eigenvalue weighted by molar-refractivity contribution is 6.18. The van der Waals surface area contributed by atoms with Crippen molar-refractivity contribution >= 4 is 43.6 Å². The molecule has 0 spiro atoms. The Balaban J connectivity index is 0.994. The van der Waals surface area contributed by atoms with Gasteiger partial charge in [0.1, 0.15) is 0 Å². The van der Waals surface area contributed by atoms with E-state index in [0.717, 1.165) is 17.7 Å². The molecule has 0 amide bonds. The molecule has 60 heavy (non-hydrogen) atoms. The lowest BCUT2D eigenvalue weighted by molar-refractivity contribution is 0.494. The predicted octanol–water partition coefficient (Wildman–Crippen LogP) is 14.4. The third-order valence-corrected chi connectivity index (χ3v) is 12.7. The Morgan fingerprint density at radius 3 is 1.65 bits per heavy atom. The van der Waals surface area contributed by atoms with Crippen LogP contribution in [0.25, 0.3) is 76.9 Å². The fourth-order valence-corrected chi connectivity index (χ4v) is 9.79. The summed E-state index contributed by atoms with van der Waals surface area (Å²) < 4.78 is 5.01. The van der Waals surface area contributed by atoms with Crippen molar-refractivity contribution in [2.24, 2.45) is 0 Å². The predicted molar refractivity (Wildman–Crippen MR) is 249 cm³/mol. The molecule has 286 valence electrons. The molecule has 4 heteroatoms. The molecule has 3 unspecified atom stereocenters. The molecule has 1 aliphatic heterocycles. The van der Waals surface area contributed by atoms with Crippen LogP contribution >= 0.6 is 0 Å². The molecule has 1 N–H and O–H groups in total. The number of allylic oxidation sites excluding steroid dienone is 2. The molecule has 0 saturated carbocycles. The van der Waals surface area contributed by atoms with E-state index in [-0.39, 0.29) is 18.2 Å². The van der Waals surface area contributed by atoms with Gasteiger partial charge in [0.2, 0.25) is 0 Å². The molecule has 2 aliphatic rings. The summed E-state index contributed by atoms with van der Waals surface area (Å²) in [5, 5.41) is 14.5. The molecular formula is C56H41N4-. The topological polar surface area (TPSA) is 36.0 Å². The van der Waals surface area contributed by atoms with E-state index < -0.39 is 0 Å². The van der Waals surface area contributed by atoms with Crippen LogP contribution in [0.15, 0.2) is 224 Å². The molecule has 4 nitrogen and oxygen atoms in total. The number of benzene rings is 8. The molecule has 2 aromatic heterocycles. The van der Waals surface area contributed by atoms with Gasteiger partial charge in [-0.1, -0.05) is 176 Å². The number of nitrogens with zero attached hydrogens (tertiary/aromatic N) is 3. The van der Waals surface area contributed by atoms with E-state index in [1.165, 1.54) is 82.7 Å². The second kappa shape index (κ2) is 14.2. The normalized spacial score (nSPS) is 17.7. The van der Waals surface area contributed by atoms with Crippen LogP contribution in [0.3, 0.4) is 0 Å². The van der Waals surface area contributed by atoms with E-state index in [4.69, 9.17) is 5.32 Å². The molecular weight excluding hydrogens is 729 g/mol. The van der Waals surface area contributed by atoms with E-state index in [1.807, 2.05) is 0 Å². The van der Waals surface area contributed by atoms with Crippen LogP contribution in [0.4, 0.5) is 0 Å². The summed E-state index contributed by atoms with van der Waals surface area (Å²) in [6.45, 7) is 0. The highest BCUT2D eigenvalue weighted by Gasteiger charge is 2.29. The molecule has 3 atom stereocenters. The van der Waals surface area contributed by atoms with Crippen molar-refractivity contribution in [3.63, 3.8) is 0 Å². The van der Waals surface area contributed by atoms with Gasteiger partial charge >= 0.3 is 0 Å². The average Bonchev–Trinajstić information content (AvgIpc) is 3.83. The summed E-state index contributed by atoms with van der Waals surface area (Å²) in [5.74, 6) is 0. The van der Waals surface area contributed by atoms with Gasteiger partial charge in [-0.3, -0.25) is 0 Å². The monoisotopic (exact) mass is 769 g/mol. The fraction of sp³-hybridized carbons (Fsp3) is 0.0714. The Labute approximate surface area is 349 Å². The highest BCUT2D eigenvalue weighted by Crippen LogP contribution is 2.48. The third kappa shape index (κ3) is 5.71. The first kappa shape index (κ1) is 34.6. The summed E-state index contributed by atoms with van der Waals surface area (Å²) >= 11 is 0. The molecule has 0 bridgehead atoms. The van der Waals surface area contributed by atoms with Crippen LogP contribution in [0, 0.1) is 0 Å². The molecule has 10 aromatic rings. The molecule has 1 saturated heterocycles. The fourth-order valence-electron chi connectivity index (χ4n) is 9.79. The first-order valence-corrected chi connectivity index (χ1v) is 21.0. The maximum Gasteiger partial charge on any atom is 0.0562 e. The maximum absolute atomic E-state index is 5.44. The first-order valence-electron chi connectivity index (χ1n) is 21.0. The van der Waals surface area contributed by atoms with Gasteiger partial charge in [0.15, 0.2) is 0 Å². The van der Waals surface area contributed by atoms with E-state index in [0.29, 0.717) is 0 Å². The van der Waals surface area contributed by atoms with Gasteiger partial charge in [0.05, 0.1) is 28.6 Å². The zero-order valence-corrected chi connectivity index (χ0v) is 33.0. The largest absolute Gasteiger partial charge is 0.666 e. The van der Waals surface area contributed by atoms with Gasteiger partial charge in [-0.15, -0.1) is 5.70 Å². The Bertz CT molecular complexity index is 3260. The smallest absolute Gasteiger partial charge is 0.0562 e. The molecule has 1 aliphatic carbocycles. The Hall–Kier alpha value is -7.40. The summed E-state index contributed by atoms with van der Waals surface area (Å²) in [7, 11) is 0. The van der Waals surface area contributed by atoms with Gasteiger partial charge < -0.3 is 19.8 Å². The average molecular weight is 770 g/mol. The molecule has 3 heterocycles. The number of hydrogen-bond acceptors (Lipinski definition) is 1. The lowest BCUT2D eigenvalue weighted by Crippen LogP contribution is -2.34. The van der Waals surface area contributed by atoms with Crippen molar-refractivity contribution in [3.8, 4) is 27.9 Å². The number of nitrogens with one attached hydrogen (secondary N) is 1. The molecule has 12 rings (SSSR count). The number of aromatic nitrogens is 2. The van der Waals surface area contributed by atoms with E-state index in [1.54, 1.807) is 0 Å². The number of para-hydroxylation sites is 3. The lowest BCUT2D eigenvalue weighted by Gasteiger charge is -2.49. The van der Waals surface area contributed by atoms with Gasteiger partial charge in [-0.05, 0) is 87.9 Å². The zero-order valence-electron chi connectivity index (χ0n) is 33.0. The van der Waals surface area contributed by atoms with Gasteiger partial charge in [-0.2, -0.15) is 0 Å². The second-order valence-corrected chi connectivity index (χ2v) is 16.1. The van der Waals surface area contributed by atoms with Crippen molar-refractivity contribution in [2.45, 2.75) is 24.7 Å². The first-order chi connectivity index (χ1) is 29.7. The van der Waals surface area contributed by atoms with Crippen LogP contribution < -0.4 is 5.32 Å². The number of fused-ring (bicyclic) bond motifs is 7. The minimum Gasteiger partial charge on any atom is -0.666 e. The lowest BCUT2D eigenvalue weighted by atomic mass is 9.86. The van der Waals surface area contributed by atoms with Crippen LogP contribution in [0.5, 0.6) is 0 Å². The Kier molecular flexibility index (Phi) is 8.17. The van der Waals surface area contributed by atoms with Crippen molar-refractivity contribution in [2.75, 3.05) is 0 Å². The number of rotatable bonds is 6. The quantitative estimate of drug-likeness (QED) is 0.180. The standard InChI is InChI=1S/C56H41N4/c1-4-14-37(15-5-1)39-24-28-41(29-25-39)55-49-34-44(32-33-50(49)57-56(58-55)42-30-26-40(27-31-42)38-16-6-2-7-17-38)60-52-23-13-11-21-46(52)48-35-47-45-20-10-12-22-51(45)59(53(47)36-54(48)60)43-18-8-3-9-19-43/h1-31,33-36,44,55-56,58H,32H2/q-1. The van der Waals surface area contributed by atoms with Crippen LogP contribution in [-0.2, 0) is 0 Å². The molecule has 8 aromatic carbocycles. The van der Waals surface area contributed by atoms with Gasteiger partial charge in [-0.25, -0.2) is 0 Å². The summed E-state index contributed by atoms with van der Waals surface area (Å²) in [6.07, 6.45) is 5.54. The van der Waals surface area contributed by atoms with Crippen molar-refractivity contribution in [1.29, 1.82) is 0 Å². The Morgan fingerprint density at radius 1 is 0.450 bits per heavy atom.